The third-order valence-electron chi connectivity index (χ3n) is 7.00. The highest BCUT2D eigenvalue weighted by Gasteiger charge is 2.54. The van der Waals surface area contributed by atoms with Gasteiger partial charge in [0.15, 0.2) is 0 Å². The van der Waals surface area contributed by atoms with Crippen LogP contribution in [0.4, 0.5) is 5.69 Å². The number of carbonyl (C=O) groups excluding carboxylic acids is 1. The Morgan fingerprint density at radius 2 is 2.08 bits per heavy atom. The smallest absolute Gasteiger partial charge is 0.275 e. The van der Waals surface area contributed by atoms with Crippen molar-refractivity contribution in [3.63, 3.8) is 0 Å². The van der Waals surface area contributed by atoms with Crippen molar-refractivity contribution < 1.29 is 14.8 Å². The van der Waals surface area contributed by atoms with E-state index in [0.29, 0.717) is 35.5 Å². The van der Waals surface area contributed by atoms with E-state index in [-0.39, 0.29) is 22.6 Å². The number of aliphatic hydroxyl groups excluding tert-OH is 1. The molecule has 5 heteroatoms. The fraction of sp³-hybridized carbons (Fsp3) is 0.632. The van der Waals surface area contributed by atoms with Crippen molar-refractivity contribution in [3.05, 3.63) is 38.9 Å². The number of carbonyl (C=O) groups is 1. The van der Waals surface area contributed by atoms with Crippen molar-refractivity contribution in [1.82, 2.24) is 0 Å². The second-order valence-electron chi connectivity index (χ2n) is 7.93. The van der Waals surface area contributed by atoms with Gasteiger partial charge in [-0.1, -0.05) is 6.92 Å². The highest BCUT2D eigenvalue weighted by atomic mass is 16.6. The number of nitro benzene ring substituents is 1. The molecular formula is C19H23NO4. The lowest BCUT2D eigenvalue weighted by molar-refractivity contribution is -0.386. The number of rotatable bonds is 2. The van der Waals surface area contributed by atoms with E-state index in [4.69, 9.17) is 0 Å². The van der Waals surface area contributed by atoms with Crippen LogP contribution in [-0.2, 0) is 17.8 Å². The second-order valence-corrected chi connectivity index (χ2v) is 7.93. The van der Waals surface area contributed by atoms with Gasteiger partial charge >= 0.3 is 0 Å². The van der Waals surface area contributed by atoms with Crippen LogP contribution >= 0.6 is 0 Å². The molecule has 0 radical (unpaired) electrons. The number of aryl methyl sites for hydroxylation is 1. The predicted molar refractivity (Wildman–Crippen MR) is 88.6 cm³/mol. The molecule has 3 aliphatic rings. The molecule has 0 amide bonds. The maximum atomic E-state index is 12.4. The Morgan fingerprint density at radius 1 is 1.29 bits per heavy atom. The standard InChI is InChI=1S/C19H23NO4/c1-19-7-6-13-14(16(19)4-5-18(19)22)3-2-11-8-12(10-21)17(20(23)24)9-15(11)13/h8-9,13-14,16,21H,2-7,10H2,1H3. The molecule has 0 saturated heterocycles. The first kappa shape index (κ1) is 15.8. The molecule has 128 valence electrons. The fourth-order valence-corrected chi connectivity index (χ4v) is 5.73. The molecule has 5 nitrogen and oxygen atoms in total. The molecule has 1 aromatic rings. The van der Waals surface area contributed by atoms with Crippen LogP contribution in [0.3, 0.4) is 0 Å². The minimum absolute atomic E-state index is 0.0349. The van der Waals surface area contributed by atoms with E-state index < -0.39 is 0 Å². The molecule has 0 spiro atoms. The quantitative estimate of drug-likeness (QED) is 0.665. The van der Waals surface area contributed by atoms with E-state index in [1.54, 1.807) is 6.07 Å². The summed E-state index contributed by atoms with van der Waals surface area (Å²) in [6.45, 7) is 1.84. The third-order valence-corrected chi connectivity index (χ3v) is 7.00. The summed E-state index contributed by atoms with van der Waals surface area (Å²) in [5, 5.41) is 20.8. The fourth-order valence-electron chi connectivity index (χ4n) is 5.73. The van der Waals surface area contributed by atoms with E-state index >= 15 is 0 Å². The van der Waals surface area contributed by atoms with Gasteiger partial charge in [0, 0.05) is 17.9 Å². The van der Waals surface area contributed by atoms with Crippen LogP contribution in [-0.4, -0.2) is 15.8 Å². The van der Waals surface area contributed by atoms with Crippen LogP contribution in [0, 0.1) is 27.4 Å². The Kier molecular flexibility index (Phi) is 3.53. The van der Waals surface area contributed by atoms with Gasteiger partial charge in [-0.15, -0.1) is 0 Å². The van der Waals surface area contributed by atoms with E-state index in [1.165, 1.54) is 0 Å². The van der Waals surface area contributed by atoms with Gasteiger partial charge in [-0.2, -0.15) is 0 Å². The molecule has 3 aliphatic carbocycles. The first-order chi connectivity index (χ1) is 11.5. The molecule has 4 atom stereocenters. The minimum Gasteiger partial charge on any atom is -0.391 e. The SMILES string of the molecule is CC12CCC3c4cc([N+](=O)[O-])c(CO)cc4CCC3C1CCC2=O. The summed E-state index contributed by atoms with van der Waals surface area (Å²) in [5.41, 5.74) is 2.52. The Morgan fingerprint density at radius 3 is 2.79 bits per heavy atom. The summed E-state index contributed by atoms with van der Waals surface area (Å²) in [5.74, 6) is 1.62. The molecular weight excluding hydrogens is 306 g/mol. The Labute approximate surface area is 141 Å². The molecule has 4 rings (SSSR count). The number of benzene rings is 1. The monoisotopic (exact) mass is 329 g/mol. The van der Waals surface area contributed by atoms with Crippen molar-refractivity contribution in [1.29, 1.82) is 0 Å². The van der Waals surface area contributed by atoms with Gasteiger partial charge < -0.3 is 5.11 Å². The summed E-state index contributed by atoms with van der Waals surface area (Å²) >= 11 is 0. The lowest BCUT2D eigenvalue weighted by Gasteiger charge is -2.48. The van der Waals surface area contributed by atoms with Crippen LogP contribution in [0.25, 0.3) is 0 Å². The Bertz CT molecular complexity index is 728. The molecule has 4 unspecified atom stereocenters. The van der Waals surface area contributed by atoms with E-state index in [2.05, 4.69) is 6.92 Å². The van der Waals surface area contributed by atoms with Crippen molar-refractivity contribution in [2.45, 2.75) is 58.0 Å². The van der Waals surface area contributed by atoms with Gasteiger partial charge in [0.25, 0.3) is 5.69 Å². The van der Waals surface area contributed by atoms with Crippen molar-refractivity contribution in [3.8, 4) is 0 Å². The normalized spacial score (nSPS) is 34.4. The number of ketones is 1. The highest BCUT2D eigenvalue weighted by molar-refractivity contribution is 5.87. The van der Waals surface area contributed by atoms with Gasteiger partial charge in [0.2, 0.25) is 0 Å². The number of aliphatic hydroxyl groups is 1. The lowest BCUT2D eigenvalue weighted by atomic mass is 9.55. The van der Waals surface area contributed by atoms with E-state index in [9.17, 15) is 20.0 Å². The highest BCUT2D eigenvalue weighted by Crippen LogP contribution is 2.59. The summed E-state index contributed by atoms with van der Waals surface area (Å²) in [6, 6.07) is 3.54. The van der Waals surface area contributed by atoms with Crippen LogP contribution in [0.15, 0.2) is 12.1 Å². The van der Waals surface area contributed by atoms with Gasteiger partial charge in [0.1, 0.15) is 5.78 Å². The molecule has 2 fully saturated rings. The molecule has 0 aliphatic heterocycles. The van der Waals surface area contributed by atoms with Crippen molar-refractivity contribution >= 4 is 11.5 Å². The average Bonchev–Trinajstić information content (AvgIpc) is 2.88. The molecule has 0 bridgehead atoms. The van der Waals surface area contributed by atoms with E-state index in [0.717, 1.165) is 43.2 Å². The zero-order valence-corrected chi connectivity index (χ0v) is 14.0. The zero-order valence-electron chi connectivity index (χ0n) is 14.0. The number of Topliss-reactive ketones (excluding diaryl/α,β-unsaturated/α-hetero) is 1. The molecule has 2 saturated carbocycles. The van der Waals surface area contributed by atoms with Gasteiger partial charge in [-0.3, -0.25) is 14.9 Å². The van der Waals surface area contributed by atoms with E-state index in [1.807, 2.05) is 6.07 Å². The number of hydrogen-bond acceptors (Lipinski definition) is 4. The van der Waals surface area contributed by atoms with Gasteiger partial charge in [0.05, 0.1) is 17.1 Å². The van der Waals surface area contributed by atoms with Gasteiger partial charge in [-0.25, -0.2) is 0 Å². The maximum Gasteiger partial charge on any atom is 0.275 e. The van der Waals surface area contributed by atoms with Crippen LogP contribution in [0.1, 0.15) is 61.6 Å². The molecule has 0 aromatic heterocycles. The number of fused-ring (bicyclic) bond motifs is 5. The minimum atomic E-state index is -0.387. The summed E-state index contributed by atoms with van der Waals surface area (Å²) in [4.78, 5) is 23.3. The number of hydrogen-bond donors (Lipinski definition) is 1. The second kappa shape index (κ2) is 5.38. The van der Waals surface area contributed by atoms with Crippen LogP contribution in [0.5, 0.6) is 0 Å². The summed E-state index contributed by atoms with van der Waals surface area (Å²) in [6.07, 6.45) is 5.44. The molecule has 1 aromatic carbocycles. The van der Waals surface area contributed by atoms with Crippen molar-refractivity contribution in [2.75, 3.05) is 0 Å². The number of nitrogens with zero attached hydrogens (tertiary/aromatic N) is 1. The third kappa shape index (κ3) is 2.07. The van der Waals surface area contributed by atoms with Gasteiger partial charge in [-0.05, 0) is 67.1 Å². The predicted octanol–water partition coefficient (Wildman–Crippen LogP) is 3.51. The zero-order chi connectivity index (χ0) is 17.1. The average molecular weight is 329 g/mol. The van der Waals surface area contributed by atoms with Crippen LogP contribution < -0.4 is 0 Å². The first-order valence-electron chi connectivity index (χ1n) is 8.90. The van der Waals surface area contributed by atoms with Crippen molar-refractivity contribution in [2.24, 2.45) is 17.3 Å². The molecule has 0 heterocycles. The molecule has 24 heavy (non-hydrogen) atoms. The Balaban J connectivity index is 1.76. The summed E-state index contributed by atoms with van der Waals surface area (Å²) < 4.78 is 0. The number of nitro groups is 1. The Hall–Kier alpha value is -1.75. The largest absolute Gasteiger partial charge is 0.391 e. The maximum absolute atomic E-state index is 12.4. The first-order valence-corrected chi connectivity index (χ1v) is 8.90. The van der Waals surface area contributed by atoms with Crippen LogP contribution in [0.2, 0.25) is 0 Å². The summed E-state index contributed by atoms with van der Waals surface area (Å²) in [7, 11) is 0. The topological polar surface area (TPSA) is 80.4 Å². The lowest BCUT2D eigenvalue weighted by Crippen LogP contribution is -2.42. The molecule has 1 N–H and O–H groups in total.